The standard InChI is InChI=1S/C64H52S/c1-62(2)55-25-14-12-21-47(55)49-33-29-44(36-57(49)62)60-51-23-10-11-24-52(51)61(45-30-34-50-48-22-13-15-26-56(48)63(3,4)58(50)37-45)54-39-64(5,59(65-6)38-53(54)60)46-31-27-41(28-32-46)43-20-16-19-42(35-43)40-17-8-7-9-18-40/h7-38H,39H2,1-6H3. The fourth-order valence-corrected chi connectivity index (χ4v) is 12.9. The molecule has 3 aliphatic carbocycles. The van der Waals surface area contributed by atoms with Crippen molar-refractivity contribution in [2.45, 2.75) is 57.3 Å². The van der Waals surface area contributed by atoms with Crippen LogP contribution in [0.15, 0.2) is 193 Å². The van der Waals surface area contributed by atoms with Gasteiger partial charge >= 0.3 is 0 Å². The third kappa shape index (κ3) is 5.98. The average Bonchev–Trinajstić information content (AvgIpc) is 3.72. The summed E-state index contributed by atoms with van der Waals surface area (Å²) in [5.41, 5.74) is 25.0. The van der Waals surface area contributed by atoms with Crippen molar-refractivity contribution < 1.29 is 0 Å². The quantitative estimate of drug-likeness (QED) is 0.161. The van der Waals surface area contributed by atoms with Crippen molar-refractivity contribution in [3.05, 3.63) is 232 Å². The lowest BCUT2D eigenvalue weighted by Crippen LogP contribution is -2.30. The summed E-state index contributed by atoms with van der Waals surface area (Å²) in [7, 11) is 0. The Labute approximate surface area is 388 Å². The number of rotatable bonds is 6. The molecule has 0 N–H and O–H groups in total. The number of fused-ring (bicyclic) bond motifs is 8. The van der Waals surface area contributed by atoms with Crippen LogP contribution in [0.4, 0.5) is 0 Å². The molecule has 0 aromatic heterocycles. The van der Waals surface area contributed by atoms with Gasteiger partial charge in [0.05, 0.1) is 0 Å². The van der Waals surface area contributed by atoms with Crippen LogP contribution in [0, 0.1) is 0 Å². The molecule has 0 nitrogen and oxygen atoms in total. The SMILES string of the molecule is CSC1=Cc2c(c(-c3ccc4c(c3)C(C)(C)c3ccccc3-4)c3ccccc3c2-c2ccc3c(c2)C(C)(C)c2ccccc2-3)CC1(C)c1ccc(-c2cccc(-c3ccccc3)c2)cc1. The largest absolute Gasteiger partial charge is 0.133 e. The minimum Gasteiger partial charge on any atom is -0.133 e. The summed E-state index contributed by atoms with van der Waals surface area (Å²) in [4.78, 5) is 1.39. The molecule has 0 radical (unpaired) electrons. The zero-order valence-electron chi connectivity index (χ0n) is 38.1. The fraction of sp³-hybridized carbons (Fsp3) is 0.156. The van der Waals surface area contributed by atoms with E-state index in [0.29, 0.717) is 0 Å². The van der Waals surface area contributed by atoms with Gasteiger partial charge in [-0.15, -0.1) is 11.8 Å². The number of allylic oxidation sites excluding steroid dienone is 1. The molecule has 0 spiro atoms. The molecule has 9 aromatic carbocycles. The van der Waals surface area contributed by atoms with Crippen molar-refractivity contribution in [3.63, 3.8) is 0 Å². The van der Waals surface area contributed by atoms with Crippen LogP contribution in [0.2, 0.25) is 0 Å². The molecular weight excluding hydrogens is 801 g/mol. The van der Waals surface area contributed by atoms with Crippen LogP contribution in [0.25, 0.3) is 83.6 Å². The molecule has 1 atom stereocenters. The maximum atomic E-state index is 2.58. The predicted octanol–water partition coefficient (Wildman–Crippen LogP) is 17.3. The van der Waals surface area contributed by atoms with Crippen LogP contribution in [-0.4, -0.2) is 6.26 Å². The molecule has 0 amide bonds. The summed E-state index contributed by atoms with van der Waals surface area (Å²) in [6.07, 6.45) is 5.73. The summed E-state index contributed by atoms with van der Waals surface area (Å²) >= 11 is 1.90. The molecule has 0 heterocycles. The van der Waals surface area contributed by atoms with E-state index in [1.54, 1.807) is 0 Å². The van der Waals surface area contributed by atoms with Crippen LogP contribution in [-0.2, 0) is 22.7 Å². The lowest BCUT2D eigenvalue weighted by molar-refractivity contribution is 0.579. The van der Waals surface area contributed by atoms with Crippen LogP contribution in [0.1, 0.15) is 73.6 Å². The smallest absolute Gasteiger partial charge is 0.0275 e. The van der Waals surface area contributed by atoms with Gasteiger partial charge in [0.2, 0.25) is 0 Å². The predicted molar refractivity (Wildman–Crippen MR) is 280 cm³/mol. The second kappa shape index (κ2) is 14.7. The van der Waals surface area contributed by atoms with E-state index in [2.05, 4.69) is 235 Å². The molecule has 0 aliphatic heterocycles. The third-order valence-corrected chi connectivity index (χ3v) is 16.5. The first-order chi connectivity index (χ1) is 31.6. The Morgan fingerprint density at radius 3 is 1.43 bits per heavy atom. The first-order valence-corrected chi connectivity index (χ1v) is 24.4. The van der Waals surface area contributed by atoms with Gasteiger partial charge < -0.3 is 0 Å². The zero-order chi connectivity index (χ0) is 44.2. The summed E-state index contributed by atoms with van der Waals surface area (Å²) in [6.45, 7) is 12.1. The van der Waals surface area contributed by atoms with Gasteiger partial charge in [0.15, 0.2) is 0 Å². The summed E-state index contributed by atoms with van der Waals surface area (Å²) in [5.74, 6) is 0. The van der Waals surface area contributed by atoms with Crippen LogP contribution in [0.3, 0.4) is 0 Å². The summed E-state index contributed by atoms with van der Waals surface area (Å²) < 4.78 is 0. The normalized spacial score (nSPS) is 17.2. The zero-order valence-corrected chi connectivity index (χ0v) is 38.9. The average molecular weight is 853 g/mol. The van der Waals surface area contributed by atoms with Gasteiger partial charge in [-0.25, -0.2) is 0 Å². The molecule has 9 aromatic rings. The molecular formula is C64H52S. The van der Waals surface area contributed by atoms with Crippen molar-refractivity contribution >= 4 is 28.6 Å². The van der Waals surface area contributed by atoms with Gasteiger partial charge in [-0.2, -0.15) is 0 Å². The van der Waals surface area contributed by atoms with Gasteiger partial charge in [-0.3, -0.25) is 0 Å². The van der Waals surface area contributed by atoms with Gasteiger partial charge in [0.25, 0.3) is 0 Å². The van der Waals surface area contributed by atoms with E-state index >= 15 is 0 Å². The topological polar surface area (TPSA) is 0 Å². The highest BCUT2D eigenvalue weighted by Gasteiger charge is 2.40. The highest BCUT2D eigenvalue weighted by Crippen LogP contribution is 2.56. The minimum atomic E-state index is -0.251. The van der Waals surface area contributed by atoms with E-state index in [1.807, 2.05) is 11.8 Å². The Bertz CT molecular complexity index is 3430. The Morgan fingerprint density at radius 2 is 0.846 bits per heavy atom. The lowest BCUT2D eigenvalue weighted by Gasteiger charge is -2.39. The number of hydrogen-bond donors (Lipinski definition) is 0. The molecule has 0 saturated carbocycles. The monoisotopic (exact) mass is 852 g/mol. The van der Waals surface area contributed by atoms with Crippen molar-refractivity contribution in [1.82, 2.24) is 0 Å². The highest BCUT2D eigenvalue weighted by molar-refractivity contribution is 8.02. The van der Waals surface area contributed by atoms with Gasteiger partial charge in [0.1, 0.15) is 0 Å². The molecule has 12 rings (SSSR count). The second-order valence-corrected chi connectivity index (χ2v) is 20.6. The molecule has 65 heavy (non-hydrogen) atoms. The van der Waals surface area contributed by atoms with E-state index in [4.69, 9.17) is 0 Å². The number of thioether (sulfide) groups is 1. The molecule has 0 bridgehead atoms. The molecule has 314 valence electrons. The molecule has 0 saturated heterocycles. The van der Waals surface area contributed by atoms with E-state index < -0.39 is 0 Å². The Morgan fingerprint density at radius 1 is 0.385 bits per heavy atom. The van der Waals surface area contributed by atoms with Gasteiger partial charge in [-0.1, -0.05) is 204 Å². The Balaban J connectivity index is 1.06. The molecule has 0 fully saturated rings. The van der Waals surface area contributed by atoms with E-state index in [0.717, 1.165) is 6.42 Å². The summed E-state index contributed by atoms with van der Waals surface area (Å²) in [6, 6.07) is 71.1. The Hall–Kier alpha value is -6.67. The fourth-order valence-electron chi connectivity index (χ4n) is 12.0. The number of benzene rings is 9. The second-order valence-electron chi connectivity index (χ2n) is 19.8. The lowest BCUT2D eigenvalue weighted by atomic mass is 9.68. The van der Waals surface area contributed by atoms with Crippen LogP contribution >= 0.6 is 11.8 Å². The highest BCUT2D eigenvalue weighted by atomic mass is 32.2. The van der Waals surface area contributed by atoms with Gasteiger partial charge in [-0.05, 0) is 158 Å². The molecule has 1 heteroatoms. The van der Waals surface area contributed by atoms with Gasteiger partial charge in [0, 0.05) is 16.2 Å². The first kappa shape index (κ1) is 39.9. The maximum Gasteiger partial charge on any atom is 0.0275 e. The Kier molecular flexibility index (Phi) is 9.01. The maximum absolute atomic E-state index is 2.58. The van der Waals surface area contributed by atoms with E-state index in [9.17, 15) is 0 Å². The third-order valence-electron chi connectivity index (χ3n) is 15.5. The van der Waals surface area contributed by atoms with Crippen molar-refractivity contribution in [2.75, 3.05) is 6.26 Å². The minimum absolute atomic E-state index is 0.0968. The van der Waals surface area contributed by atoms with Crippen molar-refractivity contribution in [3.8, 4) is 66.8 Å². The van der Waals surface area contributed by atoms with Crippen LogP contribution in [0.5, 0.6) is 0 Å². The van der Waals surface area contributed by atoms with Crippen molar-refractivity contribution in [1.29, 1.82) is 0 Å². The number of hydrogen-bond acceptors (Lipinski definition) is 1. The van der Waals surface area contributed by atoms with E-state index in [-0.39, 0.29) is 16.2 Å². The summed E-state index contributed by atoms with van der Waals surface area (Å²) in [5, 5.41) is 2.62. The first-order valence-electron chi connectivity index (χ1n) is 23.2. The molecule has 3 aliphatic rings. The van der Waals surface area contributed by atoms with Crippen LogP contribution < -0.4 is 0 Å². The molecule has 1 unspecified atom stereocenters. The van der Waals surface area contributed by atoms with E-state index in [1.165, 1.54) is 121 Å². The van der Waals surface area contributed by atoms with Crippen molar-refractivity contribution in [2.24, 2.45) is 0 Å².